The van der Waals surface area contributed by atoms with E-state index in [-0.39, 0.29) is 11.5 Å². The minimum atomic E-state index is -1.04. The van der Waals surface area contributed by atoms with Crippen LogP contribution in [0.1, 0.15) is 29.2 Å². The number of fused-ring (bicyclic) bond motifs is 1. The number of anilines is 1. The predicted molar refractivity (Wildman–Crippen MR) is 81.6 cm³/mol. The van der Waals surface area contributed by atoms with Crippen molar-refractivity contribution in [2.45, 2.75) is 18.9 Å². The molecule has 0 aliphatic carbocycles. The van der Waals surface area contributed by atoms with Crippen molar-refractivity contribution in [3.63, 3.8) is 0 Å². The molecule has 21 heavy (non-hydrogen) atoms. The van der Waals surface area contributed by atoms with Crippen molar-refractivity contribution < 1.29 is 14.3 Å². The van der Waals surface area contributed by atoms with Gasteiger partial charge in [-0.05, 0) is 41.8 Å². The third-order valence-electron chi connectivity index (χ3n) is 3.58. The van der Waals surface area contributed by atoms with Gasteiger partial charge in [-0.1, -0.05) is 28.1 Å². The Balaban J connectivity index is 2.01. The Morgan fingerprint density at radius 1 is 1.24 bits per heavy atom. The fraction of sp³-hybridized carbons (Fsp3) is 0.188. The Bertz CT molecular complexity index is 717. The van der Waals surface area contributed by atoms with Gasteiger partial charge in [0, 0.05) is 22.1 Å². The molecule has 0 aromatic heterocycles. The number of aliphatic hydroxyl groups excluding tert-OH is 1. The van der Waals surface area contributed by atoms with Gasteiger partial charge in [-0.3, -0.25) is 4.79 Å². The van der Waals surface area contributed by atoms with Gasteiger partial charge in [0.05, 0.1) is 0 Å². The average Bonchev–Trinajstić information content (AvgIpc) is 2.45. The van der Waals surface area contributed by atoms with Crippen LogP contribution in [-0.4, -0.2) is 11.0 Å². The normalized spacial score (nSPS) is 15.3. The first-order valence-electron chi connectivity index (χ1n) is 6.60. The van der Waals surface area contributed by atoms with E-state index in [9.17, 15) is 14.3 Å². The number of amides is 1. The Kier molecular flexibility index (Phi) is 3.78. The molecule has 1 aliphatic heterocycles. The molecular weight excluding hydrogens is 337 g/mol. The van der Waals surface area contributed by atoms with Crippen LogP contribution in [0, 0.1) is 5.82 Å². The van der Waals surface area contributed by atoms with Crippen LogP contribution >= 0.6 is 15.9 Å². The number of hydrogen-bond acceptors (Lipinski definition) is 2. The van der Waals surface area contributed by atoms with Crippen LogP contribution in [0.3, 0.4) is 0 Å². The first-order chi connectivity index (χ1) is 10.0. The van der Waals surface area contributed by atoms with Crippen molar-refractivity contribution in [1.82, 2.24) is 0 Å². The number of hydrogen-bond donors (Lipinski definition) is 2. The number of rotatable bonds is 2. The van der Waals surface area contributed by atoms with Crippen molar-refractivity contribution >= 4 is 27.5 Å². The van der Waals surface area contributed by atoms with Crippen LogP contribution < -0.4 is 5.32 Å². The Morgan fingerprint density at radius 2 is 2.05 bits per heavy atom. The van der Waals surface area contributed by atoms with E-state index in [2.05, 4.69) is 21.2 Å². The van der Waals surface area contributed by atoms with Crippen LogP contribution in [0.5, 0.6) is 0 Å². The summed E-state index contributed by atoms with van der Waals surface area (Å²) in [5.41, 5.74) is 2.18. The lowest BCUT2D eigenvalue weighted by molar-refractivity contribution is -0.116. The molecule has 0 spiro atoms. The maximum absolute atomic E-state index is 14.2. The highest BCUT2D eigenvalue weighted by Crippen LogP contribution is 2.32. The Hall–Kier alpha value is -1.72. The third kappa shape index (κ3) is 2.84. The second kappa shape index (κ2) is 5.58. The summed E-state index contributed by atoms with van der Waals surface area (Å²) < 4.78 is 15.0. The molecule has 5 heteroatoms. The molecule has 0 radical (unpaired) electrons. The maximum atomic E-state index is 14.2. The van der Waals surface area contributed by atoms with E-state index < -0.39 is 11.9 Å². The molecule has 1 amide bonds. The van der Waals surface area contributed by atoms with E-state index in [4.69, 9.17) is 0 Å². The summed E-state index contributed by atoms with van der Waals surface area (Å²) in [6.45, 7) is 0. The molecule has 0 saturated heterocycles. The largest absolute Gasteiger partial charge is 0.384 e. The van der Waals surface area contributed by atoms with Crippen molar-refractivity contribution in [3.8, 4) is 0 Å². The first-order valence-corrected chi connectivity index (χ1v) is 7.39. The smallest absolute Gasteiger partial charge is 0.224 e. The van der Waals surface area contributed by atoms with Gasteiger partial charge in [0.15, 0.2) is 0 Å². The first kappa shape index (κ1) is 14.2. The van der Waals surface area contributed by atoms with Crippen LogP contribution in [0.15, 0.2) is 40.9 Å². The van der Waals surface area contributed by atoms with Gasteiger partial charge in [0.1, 0.15) is 11.9 Å². The number of aryl methyl sites for hydroxylation is 1. The quantitative estimate of drug-likeness (QED) is 0.870. The fourth-order valence-corrected chi connectivity index (χ4v) is 2.90. The van der Waals surface area contributed by atoms with Gasteiger partial charge in [0.2, 0.25) is 5.91 Å². The highest BCUT2D eigenvalue weighted by molar-refractivity contribution is 9.10. The summed E-state index contributed by atoms with van der Waals surface area (Å²) in [6.07, 6.45) is -0.101. The molecule has 2 aromatic carbocycles. The van der Waals surface area contributed by atoms with Gasteiger partial charge < -0.3 is 10.4 Å². The molecule has 0 saturated carbocycles. The number of halogens is 2. The minimum Gasteiger partial charge on any atom is -0.384 e. The predicted octanol–water partition coefficient (Wildman–Crippen LogP) is 3.55. The fourth-order valence-electron chi connectivity index (χ4n) is 2.49. The molecule has 3 rings (SSSR count). The summed E-state index contributed by atoms with van der Waals surface area (Å²) >= 11 is 3.34. The highest BCUT2D eigenvalue weighted by atomic mass is 79.9. The second-order valence-corrected chi connectivity index (χ2v) is 5.95. The lowest BCUT2D eigenvalue weighted by atomic mass is 9.95. The van der Waals surface area contributed by atoms with Gasteiger partial charge in [-0.25, -0.2) is 4.39 Å². The van der Waals surface area contributed by atoms with Crippen LogP contribution in [0.25, 0.3) is 0 Å². The summed E-state index contributed by atoms with van der Waals surface area (Å²) in [7, 11) is 0. The zero-order chi connectivity index (χ0) is 15.0. The van der Waals surface area contributed by atoms with E-state index >= 15 is 0 Å². The Labute approximate surface area is 129 Å². The Morgan fingerprint density at radius 3 is 2.81 bits per heavy atom. The molecule has 0 fully saturated rings. The summed E-state index contributed by atoms with van der Waals surface area (Å²) in [4.78, 5) is 11.3. The van der Waals surface area contributed by atoms with E-state index in [1.807, 2.05) is 6.07 Å². The lowest BCUT2D eigenvalue weighted by Crippen LogP contribution is -2.20. The van der Waals surface area contributed by atoms with Gasteiger partial charge >= 0.3 is 0 Å². The SMILES string of the molecule is O=C1CCc2cc(C(O)c3cccc(Br)c3)c(F)cc2N1. The summed E-state index contributed by atoms with van der Waals surface area (Å²) in [5.74, 6) is -0.634. The van der Waals surface area contributed by atoms with Crippen molar-refractivity contribution in [3.05, 3.63) is 63.4 Å². The molecule has 1 atom stereocenters. The van der Waals surface area contributed by atoms with Crippen LogP contribution in [0.4, 0.5) is 10.1 Å². The van der Waals surface area contributed by atoms with Gasteiger partial charge in [-0.15, -0.1) is 0 Å². The number of carbonyl (C=O) groups is 1. The zero-order valence-corrected chi connectivity index (χ0v) is 12.7. The van der Waals surface area contributed by atoms with E-state index in [0.717, 1.165) is 10.0 Å². The topological polar surface area (TPSA) is 49.3 Å². The minimum absolute atomic E-state index is 0.109. The molecule has 3 nitrogen and oxygen atoms in total. The molecule has 1 heterocycles. The molecular formula is C16H13BrFNO2. The molecule has 1 aliphatic rings. The third-order valence-corrected chi connectivity index (χ3v) is 4.07. The molecule has 108 valence electrons. The molecule has 2 aromatic rings. The van der Waals surface area contributed by atoms with Crippen LogP contribution in [0.2, 0.25) is 0 Å². The summed E-state index contributed by atoms with van der Waals surface area (Å²) in [6, 6.07) is 10.0. The number of benzene rings is 2. The molecule has 2 N–H and O–H groups in total. The summed E-state index contributed by atoms with van der Waals surface area (Å²) in [5, 5.41) is 13.1. The lowest BCUT2D eigenvalue weighted by Gasteiger charge is -2.20. The number of carbonyl (C=O) groups excluding carboxylic acids is 1. The van der Waals surface area contributed by atoms with E-state index in [1.165, 1.54) is 6.07 Å². The van der Waals surface area contributed by atoms with Crippen molar-refractivity contribution in [2.24, 2.45) is 0 Å². The standard InChI is InChI=1S/C16H13BrFNO2/c17-11-3-1-2-10(6-11)16(21)12-7-9-4-5-15(20)19-14(9)8-13(12)18/h1-3,6-8,16,21H,4-5H2,(H,19,20). The number of nitrogens with one attached hydrogen (secondary N) is 1. The van der Waals surface area contributed by atoms with E-state index in [0.29, 0.717) is 24.1 Å². The van der Waals surface area contributed by atoms with E-state index in [1.54, 1.807) is 24.3 Å². The highest BCUT2D eigenvalue weighted by Gasteiger charge is 2.21. The van der Waals surface area contributed by atoms with Gasteiger partial charge in [0.25, 0.3) is 0 Å². The number of aliphatic hydroxyl groups is 1. The van der Waals surface area contributed by atoms with Crippen molar-refractivity contribution in [1.29, 1.82) is 0 Å². The van der Waals surface area contributed by atoms with Crippen LogP contribution in [-0.2, 0) is 11.2 Å². The average molecular weight is 350 g/mol. The zero-order valence-electron chi connectivity index (χ0n) is 11.1. The maximum Gasteiger partial charge on any atom is 0.224 e. The van der Waals surface area contributed by atoms with Gasteiger partial charge in [-0.2, -0.15) is 0 Å². The second-order valence-electron chi connectivity index (χ2n) is 5.04. The molecule has 0 bridgehead atoms. The molecule has 1 unspecified atom stereocenters. The van der Waals surface area contributed by atoms with Crippen molar-refractivity contribution in [2.75, 3.05) is 5.32 Å². The monoisotopic (exact) mass is 349 g/mol.